The molecule has 184 valence electrons. The van der Waals surface area contributed by atoms with Crippen molar-refractivity contribution in [3.05, 3.63) is 95.7 Å². The normalized spacial score (nSPS) is 17.1. The maximum atomic E-state index is 14.0. The molecule has 0 radical (unpaired) electrons. The Morgan fingerprint density at radius 1 is 0.972 bits per heavy atom. The summed E-state index contributed by atoms with van der Waals surface area (Å²) >= 11 is 0. The molecular formula is C29H29N3O4. The average molecular weight is 484 g/mol. The molecule has 4 aromatic rings. The zero-order valence-electron chi connectivity index (χ0n) is 20.7. The van der Waals surface area contributed by atoms with Crippen molar-refractivity contribution >= 4 is 22.7 Å². The Morgan fingerprint density at radius 2 is 1.72 bits per heavy atom. The van der Waals surface area contributed by atoms with Gasteiger partial charge in [-0.1, -0.05) is 48.5 Å². The molecule has 0 saturated heterocycles. The highest BCUT2D eigenvalue weighted by atomic mass is 16.5. The molecule has 1 aliphatic heterocycles. The Labute approximate surface area is 210 Å². The molecule has 1 N–H and O–H groups in total. The predicted octanol–water partition coefficient (Wildman–Crippen LogP) is 4.39. The molecular weight excluding hydrogens is 454 g/mol. The zero-order chi connectivity index (χ0) is 25.3. The fraction of sp³-hybridized carbons (Fsp3) is 0.241. The fourth-order valence-electron chi connectivity index (χ4n) is 4.90. The maximum absolute atomic E-state index is 14.0. The summed E-state index contributed by atoms with van der Waals surface area (Å²) in [5.41, 5.74) is 2.10. The molecule has 1 unspecified atom stereocenters. The number of methoxy groups -OCH3 is 2. The van der Waals surface area contributed by atoms with Crippen LogP contribution < -0.4 is 14.8 Å². The van der Waals surface area contributed by atoms with Crippen LogP contribution in [0.5, 0.6) is 11.5 Å². The van der Waals surface area contributed by atoms with E-state index in [1.165, 1.54) is 0 Å². The molecule has 0 bridgehead atoms. The van der Waals surface area contributed by atoms with Gasteiger partial charge in [-0.25, -0.2) is 0 Å². The lowest BCUT2D eigenvalue weighted by molar-refractivity contribution is -0.133. The largest absolute Gasteiger partial charge is 0.497 e. The van der Waals surface area contributed by atoms with Gasteiger partial charge in [-0.2, -0.15) is 0 Å². The van der Waals surface area contributed by atoms with Gasteiger partial charge in [-0.05, 0) is 42.8 Å². The van der Waals surface area contributed by atoms with E-state index in [0.717, 1.165) is 22.0 Å². The second kappa shape index (κ2) is 9.41. The molecule has 0 spiro atoms. The van der Waals surface area contributed by atoms with E-state index in [-0.39, 0.29) is 18.4 Å². The lowest BCUT2D eigenvalue weighted by atomic mass is 9.93. The van der Waals surface area contributed by atoms with Crippen molar-refractivity contribution in [2.45, 2.75) is 32.1 Å². The van der Waals surface area contributed by atoms with Gasteiger partial charge in [0.2, 0.25) is 5.91 Å². The van der Waals surface area contributed by atoms with E-state index in [1.807, 2.05) is 90.4 Å². The monoisotopic (exact) mass is 483 g/mol. The minimum absolute atomic E-state index is 0.190. The summed E-state index contributed by atoms with van der Waals surface area (Å²) in [7, 11) is 3.18. The second-order valence-corrected chi connectivity index (χ2v) is 9.19. The third-order valence-corrected chi connectivity index (χ3v) is 6.94. The maximum Gasteiger partial charge on any atom is 0.271 e. The summed E-state index contributed by atoms with van der Waals surface area (Å²) in [6.45, 7) is 2.72. The SMILES string of the molecule is COc1ccc(OC)c(CN2C(=O)c3cc4ccccc4n3CC2(C)C(=O)NCc2ccccc2)c1. The third kappa shape index (κ3) is 4.06. The Kier molecular flexibility index (Phi) is 6.14. The van der Waals surface area contributed by atoms with Crippen LogP contribution in [-0.2, 0) is 24.4 Å². The number of aromatic nitrogens is 1. The van der Waals surface area contributed by atoms with Gasteiger partial charge >= 0.3 is 0 Å². The predicted molar refractivity (Wildman–Crippen MR) is 138 cm³/mol. The van der Waals surface area contributed by atoms with Gasteiger partial charge in [0.05, 0.1) is 27.3 Å². The first-order valence-corrected chi connectivity index (χ1v) is 11.9. The molecule has 36 heavy (non-hydrogen) atoms. The van der Waals surface area contributed by atoms with Crippen LogP contribution in [0, 0.1) is 0 Å². The third-order valence-electron chi connectivity index (χ3n) is 6.94. The smallest absolute Gasteiger partial charge is 0.271 e. The number of amides is 2. The first kappa shape index (κ1) is 23.5. The molecule has 5 rings (SSSR count). The standard InChI is InChI=1S/C29H29N3O4/c1-29(28(34)30-17-20-9-5-4-6-10-20)19-31-24-12-8-7-11-21(24)16-25(31)27(33)32(29)18-22-15-23(35-2)13-14-26(22)36-3/h4-16H,17-19H2,1-3H3,(H,30,34). The van der Waals surface area contributed by atoms with Gasteiger partial charge in [0.1, 0.15) is 22.7 Å². The summed E-state index contributed by atoms with van der Waals surface area (Å²) in [4.78, 5) is 29.5. The van der Waals surface area contributed by atoms with Crippen molar-refractivity contribution in [3.8, 4) is 11.5 Å². The number of nitrogens with one attached hydrogen (secondary N) is 1. The summed E-state index contributed by atoms with van der Waals surface area (Å²) in [5.74, 6) is 0.853. The van der Waals surface area contributed by atoms with Crippen molar-refractivity contribution in [1.82, 2.24) is 14.8 Å². The molecule has 1 atom stereocenters. The Bertz CT molecular complexity index is 1430. The van der Waals surface area contributed by atoms with E-state index < -0.39 is 5.54 Å². The number of fused-ring (bicyclic) bond motifs is 3. The first-order chi connectivity index (χ1) is 17.4. The Morgan fingerprint density at radius 3 is 2.47 bits per heavy atom. The molecule has 1 aliphatic rings. The summed E-state index contributed by atoms with van der Waals surface area (Å²) in [6, 6.07) is 25.0. The van der Waals surface area contributed by atoms with Crippen molar-refractivity contribution < 1.29 is 19.1 Å². The van der Waals surface area contributed by atoms with Gasteiger partial charge in [-0.15, -0.1) is 0 Å². The van der Waals surface area contributed by atoms with Crippen LogP contribution in [0.4, 0.5) is 0 Å². The minimum Gasteiger partial charge on any atom is -0.497 e. The van der Waals surface area contributed by atoms with E-state index >= 15 is 0 Å². The fourth-order valence-corrected chi connectivity index (χ4v) is 4.90. The number of hydrogen-bond donors (Lipinski definition) is 1. The number of rotatable bonds is 7. The Hall–Kier alpha value is -4.26. The topological polar surface area (TPSA) is 72.8 Å². The molecule has 2 heterocycles. The van der Waals surface area contributed by atoms with E-state index in [4.69, 9.17) is 9.47 Å². The molecule has 7 heteroatoms. The number of hydrogen-bond acceptors (Lipinski definition) is 4. The average Bonchev–Trinajstić information content (AvgIpc) is 3.28. The van der Waals surface area contributed by atoms with E-state index in [1.54, 1.807) is 19.1 Å². The molecule has 2 amide bonds. The van der Waals surface area contributed by atoms with Crippen LogP contribution in [0.2, 0.25) is 0 Å². The highest BCUT2D eigenvalue weighted by Crippen LogP contribution is 2.35. The number of benzene rings is 3. The summed E-state index contributed by atoms with van der Waals surface area (Å²) < 4.78 is 12.9. The Balaban J connectivity index is 1.56. The van der Waals surface area contributed by atoms with Crippen molar-refractivity contribution in [2.24, 2.45) is 0 Å². The van der Waals surface area contributed by atoms with Crippen LogP contribution in [0.15, 0.2) is 78.9 Å². The number of ether oxygens (including phenoxy) is 2. The van der Waals surface area contributed by atoms with E-state index in [0.29, 0.717) is 30.3 Å². The van der Waals surface area contributed by atoms with E-state index in [9.17, 15) is 9.59 Å². The second-order valence-electron chi connectivity index (χ2n) is 9.19. The molecule has 0 fully saturated rings. The number of nitrogens with zero attached hydrogens (tertiary/aromatic N) is 2. The van der Waals surface area contributed by atoms with Gasteiger partial charge in [-0.3, -0.25) is 9.59 Å². The van der Waals surface area contributed by atoms with Crippen LogP contribution in [-0.4, -0.2) is 41.0 Å². The highest BCUT2D eigenvalue weighted by molar-refractivity contribution is 6.03. The van der Waals surface area contributed by atoms with Crippen LogP contribution in [0.1, 0.15) is 28.5 Å². The summed E-state index contributed by atoms with van der Waals surface area (Å²) in [6.07, 6.45) is 0. The molecule has 3 aromatic carbocycles. The van der Waals surface area contributed by atoms with Crippen molar-refractivity contribution in [3.63, 3.8) is 0 Å². The molecule has 7 nitrogen and oxygen atoms in total. The first-order valence-electron chi connectivity index (χ1n) is 11.9. The van der Waals surface area contributed by atoms with Gasteiger partial charge in [0, 0.05) is 23.0 Å². The zero-order valence-corrected chi connectivity index (χ0v) is 20.7. The molecule has 0 saturated carbocycles. The van der Waals surface area contributed by atoms with Gasteiger partial charge in [0.15, 0.2) is 0 Å². The van der Waals surface area contributed by atoms with Crippen LogP contribution >= 0.6 is 0 Å². The molecule has 0 aliphatic carbocycles. The van der Waals surface area contributed by atoms with Crippen molar-refractivity contribution in [1.29, 1.82) is 0 Å². The lowest BCUT2D eigenvalue weighted by Crippen LogP contribution is -2.63. The minimum atomic E-state index is -1.14. The van der Waals surface area contributed by atoms with Gasteiger partial charge < -0.3 is 24.3 Å². The van der Waals surface area contributed by atoms with Crippen LogP contribution in [0.3, 0.4) is 0 Å². The number of carbonyl (C=O) groups excluding carboxylic acids is 2. The molecule has 1 aromatic heterocycles. The highest BCUT2D eigenvalue weighted by Gasteiger charge is 2.47. The van der Waals surface area contributed by atoms with Gasteiger partial charge in [0.25, 0.3) is 5.91 Å². The number of carbonyl (C=O) groups is 2. The lowest BCUT2D eigenvalue weighted by Gasteiger charge is -2.44. The van der Waals surface area contributed by atoms with Crippen molar-refractivity contribution in [2.75, 3.05) is 14.2 Å². The number of para-hydroxylation sites is 1. The summed E-state index contributed by atoms with van der Waals surface area (Å²) in [5, 5.41) is 4.03. The quantitative estimate of drug-likeness (QED) is 0.423. The van der Waals surface area contributed by atoms with Crippen LogP contribution in [0.25, 0.3) is 10.9 Å². The van der Waals surface area contributed by atoms with E-state index in [2.05, 4.69) is 5.32 Å².